The van der Waals surface area contributed by atoms with Crippen molar-refractivity contribution in [3.8, 4) is 11.5 Å². The van der Waals surface area contributed by atoms with Gasteiger partial charge in [-0.2, -0.15) is 0 Å². The van der Waals surface area contributed by atoms with Crippen LogP contribution in [0.25, 0.3) is 17.0 Å². The van der Waals surface area contributed by atoms with Crippen molar-refractivity contribution in [1.82, 2.24) is 25.3 Å². The number of carbonyl (C=O) groups excluding carboxylic acids is 4. The first-order valence-electron chi connectivity index (χ1n) is 14.1. The van der Waals surface area contributed by atoms with Gasteiger partial charge in [0.15, 0.2) is 5.76 Å². The van der Waals surface area contributed by atoms with Crippen LogP contribution < -0.4 is 10.6 Å². The topological polar surface area (TPSA) is 151 Å². The maximum Gasteiger partial charge on any atom is 0.293 e. The lowest BCUT2D eigenvalue weighted by molar-refractivity contribution is -0.130. The zero-order valence-electron chi connectivity index (χ0n) is 23.4. The fourth-order valence-corrected chi connectivity index (χ4v) is 5.97. The van der Waals surface area contributed by atoms with Gasteiger partial charge in [-0.25, -0.2) is 4.98 Å². The van der Waals surface area contributed by atoms with Crippen molar-refractivity contribution in [2.75, 3.05) is 18.4 Å². The Hall–Kier alpha value is -5.26. The van der Waals surface area contributed by atoms with Gasteiger partial charge in [0, 0.05) is 55.0 Å². The van der Waals surface area contributed by atoms with Crippen molar-refractivity contribution < 1.29 is 28.1 Å². The number of allylic oxidation sites excluding steroid dienone is 3. The number of anilines is 1. The van der Waals surface area contributed by atoms with Crippen LogP contribution >= 0.6 is 0 Å². The van der Waals surface area contributed by atoms with E-state index in [9.17, 15) is 19.2 Å². The van der Waals surface area contributed by atoms with Crippen LogP contribution in [0.2, 0.25) is 0 Å². The van der Waals surface area contributed by atoms with Crippen molar-refractivity contribution in [3.05, 3.63) is 84.2 Å². The van der Waals surface area contributed by atoms with Crippen LogP contribution in [-0.4, -0.2) is 69.2 Å². The van der Waals surface area contributed by atoms with Gasteiger partial charge in [-0.15, -0.1) is 0 Å². The van der Waals surface area contributed by atoms with Crippen molar-refractivity contribution in [2.45, 2.75) is 38.3 Å². The molecule has 4 heterocycles. The fourth-order valence-electron chi connectivity index (χ4n) is 5.97. The van der Waals surface area contributed by atoms with Crippen molar-refractivity contribution in [1.29, 1.82) is 0 Å². The summed E-state index contributed by atoms with van der Waals surface area (Å²) in [7, 11) is 0. The summed E-state index contributed by atoms with van der Waals surface area (Å²) in [6.45, 7) is 2.58. The molecule has 3 aromatic rings. The molecule has 0 bridgehead atoms. The Morgan fingerprint density at radius 3 is 2.67 bits per heavy atom. The first-order valence-corrected chi connectivity index (χ1v) is 14.1. The predicted molar refractivity (Wildman–Crippen MR) is 155 cm³/mol. The molecule has 2 aromatic heterocycles. The molecule has 1 aromatic carbocycles. The van der Waals surface area contributed by atoms with Crippen LogP contribution in [0.5, 0.6) is 0 Å². The third-order valence-corrected chi connectivity index (χ3v) is 8.05. The van der Waals surface area contributed by atoms with Gasteiger partial charge in [0.2, 0.25) is 24.0 Å². The summed E-state index contributed by atoms with van der Waals surface area (Å²) in [5.74, 6) is 0.293. The Kier molecular flexibility index (Phi) is 7.73. The van der Waals surface area contributed by atoms with E-state index in [-0.39, 0.29) is 29.5 Å². The molecule has 1 fully saturated rings. The monoisotopic (exact) mass is 582 g/mol. The third kappa shape index (κ3) is 5.63. The number of hydrogen-bond acceptors (Lipinski definition) is 8. The van der Waals surface area contributed by atoms with E-state index in [0.717, 1.165) is 29.7 Å². The van der Waals surface area contributed by atoms with E-state index < -0.39 is 11.9 Å². The summed E-state index contributed by atoms with van der Waals surface area (Å²) in [4.78, 5) is 56.9. The van der Waals surface area contributed by atoms with Gasteiger partial charge in [-0.1, -0.05) is 23.4 Å². The largest absolute Gasteiger partial charge is 0.436 e. The molecule has 1 aliphatic carbocycles. The summed E-state index contributed by atoms with van der Waals surface area (Å²) >= 11 is 0. The lowest BCUT2D eigenvalue weighted by atomic mass is 9.83. The van der Waals surface area contributed by atoms with Gasteiger partial charge in [0.05, 0.1) is 12.4 Å². The van der Waals surface area contributed by atoms with E-state index in [1.165, 1.54) is 17.2 Å². The van der Waals surface area contributed by atoms with Gasteiger partial charge < -0.3 is 29.4 Å². The van der Waals surface area contributed by atoms with E-state index >= 15 is 0 Å². The molecule has 2 unspecified atom stereocenters. The van der Waals surface area contributed by atoms with Gasteiger partial charge in [0.1, 0.15) is 6.04 Å². The number of nitrogens with zero attached hydrogens (tertiary/aromatic N) is 4. The number of oxazole rings is 1. The highest BCUT2D eigenvalue weighted by Crippen LogP contribution is 2.38. The molecule has 43 heavy (non-hydrogen) atoms. The minimum Gasteiger partial charge on any atom is -0.436 e. The van der Waals surface area contributed by atoms with Crippen molar-refractivity contribution in [3.63, 3.8) is 0 Å². The number of benzene rings is 1. The van der Waals surface area contributed by atoms with Crippen molar-refractivity contribution in [2.24, 2.45) is 5.92 Å². The molecule has 12 heteroatoms. The highest BCUT2D eigenvalue weighted by atomic mass is 16.5. The molecule has 4 amide bonds. The smallest absolute Gasteiger partial charge is 0.293 e. The van der Waals surface area contributed by atoms with Crippen molar-refractivity contribution >= 4 is 35.4 Å². The minimum absolute atomic E-state index is 0.00267. The standard InChI is InChI=1S/C31H30N6O6/c1-19(39)36-14-2-4-25(36)23-16-21(8-11-24(23)33-18-38)28-17-32-30(42-28)20-6-9-22(10-7-20)35-29(40)26-5-3-15-37(26)31(41)27-12-13-34-43-27/h3,5-13,17-18,23,25-26H,2,4,14-16H2,1H3,(H,33,38)(H,35,40)/t23?,25-,26?/m0/s1. The minimum atomic E-state index is -0.776. The van der Waals surface area contributed by atoms with Crippen LogP contribution in [-0.2, 0) is 14.4 Å². The maximum atomic E-state index is 13.0. The average Bonchev–Trinajstić information content (AvgIpc) is 3.84. The third-order valence-electron chi connectivity index (χ3n) is 8.05. The maximum absolute atomic E-state index is 13.0. The lowest BCUT2D eigenvalue weighted by Gasteiger charge is -2.34. The first-order chi connectivity index (χ1) is 20.9. The van der Waals surface area contributed by atoms with Gasteiger partial charge in [-0.05, 0) is 55.2 Å². The van der Waals surface area contributed by atoms with Crippen LogP contribution in [0.3, 0.4) is 0 Å². The first kappa shape index (κ1) is 27.9. The molecular weight excluding hydrogens is 552 g/mol. The Balaban J connectivity index is 1.13. The van der Waals surface area contributed by atoms with E-state index in [4.69, 9.17) is 8.94 Å². The summed E-state index contributed by atoms with van der Waals surface area (Å²) in [6, 6.07) is 7.75. The number of hydrogen-bond donors (Lipinski definition) is 2. The zero-order chi connectivity index (χ0) is 29.9. The van der Waals surface area contributed by atoms with Crippen LogP contribution in [0.1, 0.15) is 42.5 Å². The molecule has 1 saturated heterocycles. The van der Waals surface area contributed by atoms with E-state index in [1.54, 1.807) is 49.5 Å². The van der Waals surface area contributed by atoms with E-state index in [2.05, 4.69) is 20.8 Å². The van der Waals surface area contributed by atoms with Crippen LogP contribution in [0, 0.1) is 5.92 Å². The molecule has 220 valence electrons. The number of likely N-dealkylation sites (tertiary alicyclic amines) is 1. The second kappa shape index (κ2) is 11.9. The molecule has 0 spiro atoms. The van der Waals surface area contributed by atoms with Crippen LogP contribution in [0.4, 0.5) is 5.69 Å². The molecule has 3 atom stereocenters. The highest BCUT2D eigenvalue weighted by Gasteiger charge is 2.37. The molecule has 3 aliphatic rings. The second-order valence-corrected chi connectivity index (χ2v) is 10.6. The lowest BCUT2D eigenvalue weighted by Crippen LogP contribution is -2.43. The number of carbonyl (C=O) groups is 4. The van der Waals surface area contributed by atoms with Gasteiger partial charge >= 0.3 is 0 Å². The normalized spacial score (nSPS) is 21.4. The van der Waals surface area contributed by atoms with Gasteiger partial charge in [0.25, 0.3) is 11.8 Å². The Morgan fingerprint density at radius 2 is 1.93 bits per heavy atom. The number of nitrogens with one attached hydrogen (secondary N) is 2. The molecule has 0 saturated carbocycles. The second-order valence-electron chi connectivity index (χ2n) is 10.6. The predicted octanol–water partition coefficient (Wildman–Crippen LogP) is 3.39. The van der Waals surface area contributed by atoms with E-state index in [1.807, 2.05) is 17.1 Å². The molecule has 6 rings (SSSR count). The fraction of sp³-hybridized carbons (Fsp3) is 0.290. The molecular formula is C31H30N6O6. The summed E-state index contributed by atoms with van der Waals surface area (Å²) < 4.78 is 11.1. The molecule has 2 N–H and O–H groups in total. The Morgan fingerprint density at radius 1 is 1.09 bits per heavy atom. The SMILES string of the molecule is CC(=O)N1CCC[C@H]1C1CC(c2cnc(-c3ccc(NC(=O)C4C=CCN4C(=O)c4ccno4)cc3)o2)=CC=C1NC=O. The zero-order valence-corrected chi connectivity index (χ0v) is 23.4. The summed E-state index contributed by atoms with van der Waals surface area (Å²) in [5, 5.41) is 9.23. The Bertz CT molecular complexity index is 1620. The molecule has 2 aliphatic heterocycles. The summed E-state index contributed by atoms with van der Waals surface area (Å²) in [6.07, 6.45) is 13.3. The number of amides is 4. The molecule has 12 nitrogen and oxygen atoms in total. The van der Waals surface area contributed by atoms with Crippen LogP contribution in [0.15, 0.2) is 81.7 Å². The average molecular weight is 583 g/mol. The van der Waals surface area contributed by atoms with Gasteiger partial charge in [-0.3, -0.25) is 19.2 Å². The quantitative estimate of drug-likeness (QED) is 0.303. The summed E-state index contributed by atoms with van der Waals surface area (Å²) in [5.41, 5.74) is 2.98. The number of aromatic nitrogens is 2. The molecule has 0 radical (unpaired) electrons. The number of rotatable bonds is 8. The highest BCUT2D eigenvalue weighted by molar-refractivity contribution is 6.01. The Labute approximate surface area is 247 Å². The van der Waals surface area contributed by atoms with E-state index in [0.29, 0.717) is 43.3 Å².